The summed E-state index contributed by atoms with van der Waals surface area (Å²) in [6, 6.07) is 12.1. The molecular weight excluding hydrogens is 222 g/mol. The van der Waals surface area contributed by atoms with Gasteiger partial charge in [0.15, 0.2) is 0 Å². The van der Waals surface area contributed by atoms with Crippen LogP contribution in [0.3, 0.4) is 0 Å². The van der Waals surface area contributed by atoms with E-state index >= 15 is 0 Å². The molecule has 1 atom stereocenters. The molecule has 92 valence electrons. The quantitative estimate of drug-likeness (QED) is 0.776. The van der Waals surface area contributed by atoms with Crippen molar-refractivity contribution < 1.29 is 5.11 Å². The Labute approximate surface area is 107 Å². The molecule has 0 saturated carbocycles. The standard InChI is InChI=1S/C16H17NO/c18-16(14-8-5-11-17-12-14)10-4-3-7-13-6-1-2-9-15(13)16/h1-2,5-6,8-9,11-12,18H,3-4,7,10H2. The molecule has 0 bridgehead atoms. The van der Waals surface area contributed by atoms with Crippen molar-refractivity contribution in [3.8, 4) is 0 Å². The van der Waals surface area contributed by atoms with E-state index in [1.165, 1.54) is 5.56 Å². The van der Waals surface area contributed by atoms with Gasteiger partial charge >= 0.3 is 0 Å². The van der Waals surface area contributed by atoms with Crippen molar-refractivity contribution in [1.82, 2.24) is 4.98 Å². The molecule has 1 aliphatic rings. The Morgan fingerprint density at radius 3 is 2.78 bits per heavy atom. The van der Waals surface area contributed by atoms with Gasteiger partial charge in [-0.25, -0.2) is 0 Å². The van der Waals surface area contributed by atoms with Crippen LogP contribution in [0.2, 0.25) is 0 Å². The average molecular weight is 239 g/mol. The molecule has 3 rings (SSSR count). The fourth-order valence-corrected chi connectivity index (χ4v) is 2.88. The maximum Gasteiger partial charge on any atom is 0.116 e. The Balaban J connectivity index is 2.16. The number of hydrogen-bond donors (Lipinski definition) is 1. The van der Waals surface area contributed by atoms with Crippen LogP contribution in [0.25, 0.3) is 0 Å². The van der Waals surface area contributed by atoms with E-state index in [0.717, 1.165) is 36.8 Å². The van der Waals surface area contributed by atoms with Gasteiger partial charge in [0.25, 0.3) is 0 Å². The third-order valence-corrected chi connectivity index (χ3v) is 3.84. The monoisotopic (exact) mass is 239 g/mol. The molecule has 0 fully saturated rings. The van der Waals surface area contributed by atoms with Crippen LogP contribution in [0.5, 0.6) is 0 Å². The summed E-state index contributed by atoms with van der Waals surface area (Å²) in [6.45, 7) is 0. The zero-order valence-corrected chi connectivity index (χ0v) is 10.3. The fraction of sp³-hybridized carbons (Fsp3) is 0.312. The van der Waals surface area contributed by atoms with E-state index in [2.05, 4.69) is 11.1 Å². The molecule has 2 nitrogen and oxygen atoms in total. The third kappa shape index (κ3) is 1.83. The number of aliphatic hydroxyl groups is 1. The van der Waals surface area contributed by atoms with Crippen LogP contribution < -0.4 is 0 Å². The van der Waals surface area contributed by atoms with Crippen LogP contribution in [0.4, 0.5) is 0 Å². The van der Waals surface area contributed by atoms with Gasteiger partial charge < -0.3 is 5.11 Å². The lowest BCUT2D eigenvalue weighted by molar-refractivity contribution is 0.0701. The fourth-order valence-electron chi connectivity index (χ4n) is 2.88. The molecular formula is C16H17NO. The van der Waals surface area contributed by atoms with Gasteiger partial charge in [0.1, 0.15) is 5.60 Å². The molecule has 18 heavy (non-hydrogen) atoms. The van der Waals surface area contributed by atoms with Crippen LogP contribution >= 0.6 is 0 Å². The lowest BCUT2D eigenvalue weighted by atomic mass is 9.83. The van der Waals surface area contributed by atoms with Crippen molar-refractivity contribution in [3.05, 3.63) is 65.5 Å². The zero-order chi connectivity index (χ0) is 12.4. The maximum atomic E-state index is 11.1. The first-order chi connectivity index (χ1) is 8.81. The van der Waals surface area contributed by atoms with Crippen LogP contribution in [0.15, 0.2) is 48.8 Å². The topological polar surface area (TPSA) is 33.1 Å². The molecule has 1 aliphatic carbocycles. The van der Waals surface area contributed by atoms with Gasteiger partial charge in [-0.05, 0) is 42.9 Å². The lowest BCUT2D eigenvalue weighted by Crippen LogP contribution is -2.27. The lowest BCUT2D eigenvalue weighted by Gasteiger charge is -2.29. The highest BCUT2D eigenvalue weighted by Gasteiger charge is 2.34. The average Bonchev–Trinajstić information content (AvgIpc) is 2.61. The minimum atomic E-state index is -0.874. The largest absolute Gasteiger partial charge is 0.380 e. The number of benzene rings is 1. The van der Waals surface area contributed by atoms with Crippen molar-refractivity contribution in [2.24, 2.45) is 0 Å². The summed E-state index contributed by atoms with van der Waals surface area (Å²) in [5.74, 6) is 0. The number of fused-ring (bicyclic) bond motifs is 1. The highest BCUT2D eigenvalue weighted by atomic mass is 16.3. The first kappa shape index (κ1) is 11.4. The van der Waals surface area contributed by atoms with Crippen molar-refractivity contribution in [3.63, 3.8) is 0 Å². The van der Waals surface area contributed by atoms with Gasteiger partial charge in [0.2, 0.25) is 0 Å². The molecule has 1 aromatic carbocycles. The van der Waals surface area contributed by atoms with Crippen LogP contribution in [0.1, 0.15) is 36.0 Å². The van der Waals surface area contributed by atoms with Crippen LogP contribution in [-0.4, -0.2) is 10.1 Å². The number of nitrogens with zero attached hydrogens (tertiary/aromatic N) is 1. The zero-order valence-electron chi connectivity index (χ0n) is 10.3. The number of rotatable bonds is 1. The SMILES string of the molecule is OC1(c2cccnc2)CCCCc2ccccc21. The minimum Gasteiger partial charge on any atom is -0.380 e. The number of aromatic nitrogens is 1. The molecule has 0 amide bonds. The second kappa shape index (κ2) is 4.54. The third-order valence-electron chi connectivity index (χ3n) is 3.84. The summed E-state index contributed by atoms with van der Waals surface area (Å²) >= 11 is 0. The van der Waals surface area contributed by atoms with Gasteiger partial charge in [-0.3, -0.25) is 4.98 Å². The van der Waals surface area contributed by atoms with Gasteiger partial charge in [-0.15, -0.1) is 0 Å². The maximum absolute atomic E-state index is 11.1. The van der Waals surface area contributed by atoms with E-state index in [1.807, 2.05) is 30.3 Å². The highest BCUT2D eigenvalue weighted by Crippen LogP contribution is 2.38. The van der Waals surface area contributed by atoms with E-state index in [-0.39, 0.29) is 0 Å². The first-order valence-electron chi connectivity index (χ1n) is 6.52. The Morgan fingerprint density at radius 1 is 1.06 bits per heavy atom. The summed E-state index contributed by atoms with van der Waals surface area (Å²) in [7, 11) is 0. The van der Waals surface area contributed by atoms with Crippen molar-refractivity contribution >= 4 is 0 Å². The molecule has 0 radical (unpaired) electrons. The van der Waals surface area contributed by atoms with E-state index < -0.39 is 5.60 Å². The predicted octanol–water partition coefficient (Wildman–Crippen LogP) is 3.04. The molecule has 1 unspecified atom stereocenters. The summed E-state index contributed by atoms with van der Waals surface area (Å²) in [5, 5.41) is 11.1. The molecule has 0 saturated heterocycles. The molecule has 1 aromatic heterocycles. The Kier molecular flexibility index (Phi) is 2.88. The van der Waals surface area contributed by atoms with Gasteiger partial charge in [0.05, 0.1) is 0 Å². The van der Waals surface area contributed by atoms with Crippen LogP contribution in [-0.2, 0) is 12.0 Å². The summed E-state index contributed by atoms with van der Waals surface area (Å²) in [5.41, 5.74) is 2.35. The molecule has 2 heteroatoms. The van der Waals surface area contributed by atoms with Crippen molar-refractivity contribution in [1.29, 1.82) is 0 Å². The molecule has 0 spiro atoms. The van der Waals surface area contributed by atoms with Crippen molar-refractivity contribution in [2.75, 3.05) is 0 Å². The van der Waals surface area contributed by atoms with Crippen LogP contribution in [0, 0.1) is 0 Å². The Morgan fingerprint density at radius 2 is 1.94 bits per heavy atom. The van der Waals surface area contributed by atoms with E-state index in [1.54, 1.807) is 12.4 Å². The first-order valence-corrected chi connectivity index (χ1v) is 6.52. The predicted molar refractivity (Wildman–Crippen MR) is 71.2 cm³/mol. The minimum absolute atomic E-state index is 0.774. The summed E-state index contributed by atoms with van der Waals surface area (Å²) in [4.78, 5) is 4.15. The smallest absolute Gasteiger partial charge is 0.116 e. The number of hydrogen-bond acceptors (Lipinski definition) is 2. The van der Waals surface area contributed by atoms with Gasteiger partial charge in [-0.1, -0.05) is 30.3 Å². The number of aryl methyl sites for hydroxylation is 1. The van der Waals surface area contributed by atoms with Gasteiger partial charge in [0, 0.05) is 18.0 Å². The highest BCUT2D eigenvalue weighted by molar-refractivity contribution is 5.40. The van der Waals surface area contributed by atoms with Gasteiger partial charge in [-0.2, -0.15) is 0 Å². The second-order valence-corrected chi connectivity index (χ2v) is 4.97. The molecule has 2 aromatic rings. The van der Waals surface area contributed by atoms with E-state index in [9.17, 15) is 5.11 Å². The summed E-state index contributed by atoms with van der Waals surface area (Å²) in [6.07, 6.45) is 7.53. The van der Waals surface area contributed by atoms with Crippen molar-refractivity contribution in [2.45, 2.75) is 31.3 Å². The van der Waals surface area contributed by atoms with E-state index in [0.29, 0.717) is 0 Å². The molecule has 1 heterocycles. The normalized spacial score (nSPS) is 23.2. The van der Waals surface area contributed by atoms with E-state index in [4.69, 9.17) is 0 Å². The Hall–Kier alpha value is -1.67. The number of pyridine rings is 1. The Bertz CT molecular complexity index is 538. The molecule has 1 N–H and O–H groups in total. The summed E-state index contributed by atoms with van der Waals surface area (Å²) < 4.78 is 0. The molecule has 0 aliphatic heterocycles. The second-order valence-electron chi connectivity index (χ2n) is 4.97.